The van der Waals surface area contributed by atoms with Crippen molar-refractivity contribution in [3.05, 3.63) is 33.8 Å². The molecule has 6 heteroatoms. The quantitative estimate of drug-likeness (QED) is 0.735. The molecule has 2 N–H and O–H groups in total. The Hall–Kier alpha value is -2.52. The maximum atomic E-state index is 12.0. The number of pyridine rings is 1. The molecule has 0 bridgehead atoms. The Kier molecular flexibility index (Phi) is 3.30. The standard InChI is InChI=1S/C16H15N3O2S/c1-4-21-16(20)15-11(18)13-14(22-15)10(7-17)12-9(3)8(2)5-6-19(12)13/h5-6H,4,18H2,1-3H3. The van der Waals surface area contributed by atoms with Gasteiger partial charge in [0.05, 0.1) is 33.6 Å². The van der Waals surface area contributed by atoms with E-state index in [0.717, 1.165) is 21.3 Å². The number of nitrogen functional groups attached to an aromatic ring is 1. The van der Waals surface area contributed by atoms with Crippen LogP contribution in [0.25, 0.3) is 15.7 Å². The van der Waals surface area contributed by atoms with Gasteiger partial charge in [-0.15, -0.1) is 11.3 Å². The minimum atomic E-state index is -0.442. The Labute approximate surface area is 131 Å². The van der Waals surface area contributed by atoms with Crippen LogP contribution in [-0.4, -0.2) is 17.0 Å². The van der Waals surface area contributed by atoms with Crippen molar-refractivity contribution >= 4 is 38.7 Å². The Morgan fingerprint density at radius 3 is 2.82 bits per heavy atom. The molecule has 3 heterocycles. The van der Waals surface area contributed by atoms with Gasteiger partial charge in [-0.1, -0.05) is 0 Å². The van der Waals surface area contributed by atoms with Crippen molar-refractivity contribution in [3.8, 4) is 6.07 Å². The van der Waals surface area contributed by atoms with E-state index in [1.54, 1.807) is 6.92 Å². The third kappa shape index (κ3) is 1.79. The molecule has 0 atom stereocenters. The number of thiophene rings is 1. The minimum absolute atomic E-state index is 0.289. The van der Waals surface area contributed by atoms with Crippen LogP contribution in [0.15, 0.2) is 12.3 Å². The molecule has 0 radical (unpaired) electrons. The summed E-state index contributed by atoms with van der Waals surface area (Å²) in [6.07, 6.45) is 1.89. The number of hydrogen-bond acceptors (Lipinski definition) is 5. The summed E-state index contributed by atoms with van der Waals surface area (Å²) in [6.45, 7) is 6.03. The number of carbonyl (C=O) groups is 1. The lowest BCUT2D eigenvalue weighted by Gasteiger charge is -2.05. The van der Waals surface area contributed by atoms with Crippen LogP contribution in [0, 0.1) is 25.2 Å². The largest absolute Gasteiger partial charge is 0.462 e. The van der Waals surface area contributed by atoms with E-state index in [1.165, 1.54) is 11.3 Å². The van der Waals surface area contributed by atoms with Crippen LogP contribution in [-0.2, 0) is 4.74 Å². The fourth-order valence-electron chi connectivity index (χ4n) is 2.65. The van der Waals surface area contributed by atoms with Gasteiger partial charge >= 0.3 is 5.97 Å². The molecule has 0 aromatic carbocycles. The molecule has 3 aromatic heterocycles. The summed E-state index contributed by atoms with van der Waals surface area (Å²) in [5.41, 5.74) is 10.8. The van der Waals surface area contributed by atoms with Gasteiger partial charge in [0, 0.05) is 6.20 Å². The SMILES string of the molecule is CCOC(=O)c1sc2c(C#N)c3c(C)c(C)ccn3c2c1N. The van der Waals surface area contributed by atoms with Gasteiger partial charge in [0.25, 0.3) is 0 Å². The Morgan fingerprint density at radius 2 is 2.18 bits per heavy atom. The second-order valence-corrected chi connectivity index (χ2v) is 6.09. The highest BCUT2D eigenvalue weighted by Crippen LogP contribution is 2.40. The predicted molar refractivity (Wildman–Crippen MR) is 87.3 cm³/mol. The first-order valence-electron chi connectivity index (χ1n) is 6.90. The number of nitrogens with two attached hydrogens (primary N) is 1. The first-order valence-corrected chi connectivity index (χ1v) is 7.72. The van der Waals surface area contributed by atoms with Crippen LogP contribution in [0.5, 0.6) is 0 Å². The summed E-state index contributed by atoms with van der Waals surface area (Å²) < 4.78 is 7.66. The van der Waals surface area contributed by atoms with Crippen LogP contribution < -0.4 is 5.73 Å². The number of aromatic nitrogens is 1. The van der Waals surface area contributed by atoms with E-state index >= 15 is 0 Å². The molecule has 0 spiro atoms. The number of carbonyl (C=O) groups excluding carboxylic acids is 1. The molecule has 0 aliphatic carbocycles. The molecule has 0 saturated carbocycles. The fraction of sp³-hybridized carbons (Fsp3) is 0.250. The molecule has 0 aliphatic heterocycles. The maximum Gasteiger partial charge on any atom is 0.350 e. The van der Waals surface area contributed by atoms with Crippen LogP contribution in [0.3, 0.4) is 0 Å². The zero-order chi connectivity index (χ0) is 16.0. The second kappa shape index (κ2) is 5.04. The average Bonchev–Trinajstić information content (AvgIpc) is 2.98. The molecule has 0 saturated heterocycles. The van der Waals surface area contributed by atoms with E-state index in [4.69, 9.17) is 10.5 Å². The van der Waals surface area contributed by atoms with E-state index < -0.39 is 5.97 Å². The smallest absolute Gasteiger partial charge is 0.350 e. The number of nitriles is 1. The summed E-state index contributed by atoms with van der Waals surface area (Å²) >= 11 is 1.22. The first kappa shape index (κ1) is 14.4. The van der Waals surface area contributed by atoms with Crippen molar-refractivity contribution in [1.29, 1.82) is 5.26 Å². The average molecular weight is 313 g/mol. The number of hydrogen-bond donors (Lipinski definition) is 1. The van der Waals surface area contributed by atoms with Gasteiger partial charge in [0.1, 0.15) is 10.9 Å². The van der Waals surface area contributed by atoms with Gasteiger partial charge in [-0.3, -0.25) is 0 Å². The lowest BCUT2D eigenvalue weighted by molar-refractivity contribution is 0.0533. The highest BCUT2D eigenvalue weighted by Gasteiger charge is 2.24. The number of fused-ring (bicyclic) bond motifs is 3. The topological polar surface area (TPSA) is 80.5 Å². The maximum absolute atomic E-state index is 12.0. The summed E-state index contributed by atoms with van der Waals surface area (Å²) in [4.78, 5) is 12.4. The van der Waals surface area contributed by atoms with E-state index in [2.05, 4.69) is 6.07 Å². The minimum Gasteiger partial charge on any atom is -0.462 e. The second-order valence-electron chi connectivity index (χ2n) is 5.07. The van der Waals surface area contributed by atoms with Crippen LogP contribution in [0.1, 0.15) is 33.3 Å². The van der Waals surface area contributed by atoms with Gasteiger partial charge in [-0.2, -0.15) is 5.26 Å². The summed E-state index contributed by atoms with van der Waals surface area (Å²) in [5, 5.41) is 9.57. The highest BCUT2D eigenvalue weighted by molar-refractivity contribution is 7.21. The number of nitrogens with zero attached hydrogens (tertiary/aromatic N) is 2. The molecule has 22 heavy (non-hydrogen) atoms. The van der Waals surface area contributed by atoms with Crippen LogP contribution in [0.4, 0.5) is 5.69 Å². The zero-order valence-electron chi connectivity index (χ0n) is 12.6. The van der Waals surface area contributed by atoms with Crippen molar-refractivity contribution in [3.63, 3.8) is 0 Å². The third-order valence-electron chi connectivity index (χ3n) is 3.86. The zero-order valence-corrected chi connectivity index (χ0v) is 13.4. The monoisotopic (exact) mass is 313 g/mol. The normalized spacial score (nSPS) is 11.0. The molecule has 3 aromatic rings. The molecule has 3 rings (SSSR count). The first-order chi connectivity index (χ1) is 10.5. The number of esters is 1. The Bertz CT molecular complexity index is 960. The van der Waals surface area contributed by atoms with Gasteiger partial charge in [0.2, 0.25) is 0 Å². The lowest BCUT2D eigenvalue weighted by atomic mass is 10.1. The summed E-state index contributed by atoms with van der Waals surface area (Å²) in [7, 11) is 0. The summed E-state index contributed by atoms with van der Waals surface area (Å²) in [6, 6.07) is 4.23. The fourth-order valence-corrected chi connectivity index (χ4v) is 3.75. The highest BCUT2D eigenvalue weighted by atomic mass is 32.1. The van der Waals surface area contributed by atoms with E-state index in [-0.39, 0.29) is 6.61 Å². The molecule has 5 nitrogen and oxygen atoms in total. The Morgan fingerprint density at radius 1 is 1.45 bits per heavy atom. The van der Waals surface area contributed by atoms with Crippen LogP contribution in [0.2, 0.25) is 0 Å². The van der Waals surface area contributed by atoms with Crippen molar-refractivity contribution in [1.82, 2.24) is 4.40 Å². The Balaban J connectivity index is 2.44. The number of rotatable bonds is 2. The summed E-state index contributed by atoms with van der Waals surface area (Å²) in [5.74, 6) is -0.442. The van der Waals surface area contributed by atoms with Crippen molar-refractivity contribution in [2.24, 2.45) is 0 Å². The van der Waals surface area contributed by atoms with E-state index in [9.17, 15) is 10.1 Å². The van der Waals surface area contributed by atoms with Crippen LogP contribution >= 0.6 is 11.3 Å². The molecular formula is C16H15N3O2S. The number of ether oxygens (including phenoxy) is 1. The van der Waals surface area contributed by atoms with Crippen molar-refractivity contribution in [2.45, 2.75) is 20.8 Å². The lowest BCUT2D eigenvalue weighted by Crippen LogP contribution is -2.05. The predicted octanol–water partition coefficient (Wildman–Crippen LogP) is 3.40. The van der Waals surface area contributed by atoms with Gasteiger partial charge in [0.15, 0.2) is 0 Å². The van der Waals surface area contributed by atoms with E-state index in [0.29, 0.717) is 21.6 Å². The molecule has 0 aliphatic rings. The molecule has 112 valence electrons. The van der Waals surface area contributed by atoms with E-state index in [1.807, 2.05) is 30.5 Å². The number of aryl methyl sites for hydroxylation is 2. The molecular weight excluding hydrogens is 298 g/mol. The van der Waals surface area contributed by atoms with Crippen molar-refractivity contribution in [2.75, 3.05) is 12.3 Å². The molecule has 0 unspecified atom stereocenters. The van der Waals surface area contributed by atoms with Gasteiger partial charge in [-0.05, 0) is 38.0 Å². The van der Waals surface area contributed by atoms with Gasteiger partial charge < -0.3 is 14.9 Å². The third-order valence-corrected chi connectivity index (χ3v) is 5.05. The molecule has 0 fully saturated rings. The van der Waals surface area contributed by atoms with Crippen molar-refractivity contribution < 1.29 is 9.53 Å². The van der Waals surface area contributed by atoms with Gasteiger partial charge in [-0.25, -0.2) is 4.79 Å². The molecule has 0 amide bonds. The number of anilines is 1.